The van der Waals surface area contributed by atoms with Gasteiger partial charge in [-0.2, -0.15) is 0 Å². The van der Waals surface area contributed by atoms with Crippen molar-refractivity contribution in [3.63, 3.8) is 0 Å². The van der Waals surface area contributed by atoms with Gasteiger partial charge >= 0.3 is 12.1 Å². The highest BCUT2D eigenvalue weighted by atomic mass is 16.6. The number of carbonyl (C=O) groups is 3. The molecule has 142 valence electrons. The van der Waals surface area contributed by atoms with Crippen LogP contribution in [0.15, 0.2) is 18.2 Å². The second kappa shape index (κ2) is 8.16. The summed E-state index contributed by atoms with van der Waals surface area (Å²) < 4.78 is 10.3. The molecule has 1 aliphatic rings. The summed E-state index contributed by atoms with van der Waals surface area (Å²) in [6.07, 6.45) is -0.369. The fourth-order valence-electron chi connectivity index (χ4n) is 2.44. The molecule has 0 radical (unpaired) electrons. The first-order valence-corrected chi connectivity index (χ1v) is 8.52. The molecule has 2 heterocycles. The summed E-state index contributed by atoms with van der Waals surface area (Å²) in [5, 5.41) is 0. The molecule has 0 unspecified atom stereocenters. The van der Waals surface area contributed by atoms with E-state index in [0.717, 1.165) is 0 Å². The lowest BCUT2D eigenvalue weighted by Gasteiger charge is -2.35. The first-order chi connectivity index (χ1) is 12.2. The fraction of sp³-hybridized carbons (Fsp3) is 0.556. The molecule has 0 aromatic carbocycles. The van der Waals surface area contributed by atoms with E-state index in [4.69, 9.17) is 9.47 Å². The van der Waals surface area contributed by atoms with E-state index < -0.39 is 11.6 Å². The summed E-state index contributed by atoms with van der Waals surface area (Å²) in [7, 11) is 0. The minimum atomic E-state index is -0.545. The third-order valence-corrected chi connectivity index (χ3v) is 3.67. The fourth-order valence-corrected chi connectivity index (χ4v) is 2.44. The van der Waals surface area contributed by atoms with E-state index in [9.17, 15) is 14.4 Å². The van der Waals surface area contributed by atoms with E-state index in [0.29, 0.717) is 37.6 Å². The van der Waals surface area contributed by atoms with Gasteiger partial charge in [-0.1, -0.05) is 6.07 Å². The largest absolute Gasteiger partial charge is 0.459 e. The van der Waals surface area contributed by atoms with E-state index in [2.05, 4.69) is 4.98 Å². The van der Waals surface area contributed by atoms with Crippen molar-refractivity contribution < 1.29 is 23.9 Å². The molecule has 0 bridgehead atoms. The van der Waals surface area contributed by atoms with Crippen molar-refractivity contribution in [1.82, 2.24) is 14.8 Å². The van der Waals surface area contributed by atoms with Gasteiger partial charge < -0.3 is 19.3 Å². The van der Waals surface area contributed by atoms with Gasteiger partial charge in [0.1, 0.15) is 17.9 Å². The smallest absolute Gasteiger partial charge is 0.410 e. The number of rotatable bonds is 3. The lowest BCUT2D eigenvalue weighted by Crippen LogP contribution is -2.51. The molecule has 0 atom stereocenters. The summed E-state index contributed by atoms with van der Waals surface area (Å²) in [4.78, 5) is 43.1. The number of carbonyl (C=O) groups excluding carboxylic acids is 3. The Bertz CT molecular complexity index is 676. The predicted octanol–water partition coefficient (Wildman–Crippen LogP) is 1.84. The molecule has 26 heavy (non-hydrogen) atoms. The number of hydrogen-bond acceptors (Lipinski definition) is 6. The average Bonchev–Trinajstić information content (AvgIpc) is 2.58. The van der Waals surface area contributed by atoms with Crippen molar-refractivity contribution in [2.75, 3.05) is 26.2 Å². The molecule has 2 amide bonds. The van der Waals surface area contributed by atoms with Crippen LogP contribution in [0.2, 0.25) is 0 Å². The SMILES string of the molecule is CC(=O)OCc1cccc(C(=O)N2CCN(C(=O)OC(C)(C)C)CC2)n1. The first-order valence-electron chi connectivity index (χ1n) is 8.52. The number of esters is 1. The van der Waals surface area contributed by atoms with E-state index >= 15 is 0 Å². The number of piperazine rings is 1. The zero-order valence-electron chi connectivity index (χ0n) is 15.7. The van der Waals surface area contributed by atoms with E-state index in [-0.39, 0.29) is 18.6 Å². The minimum Gasteiger partial charge on any atom is -0.459 e. The van der Waals surface area contributed by atoms with Gasteiger partial charge in [0.15, 0.2) is 0 Å². The Morgan fingerprint density at radius 3 is 2.27 bits per heavy atom. The van der Waals surface area contributed by atoms with E-state index in [1.54, 1.807) is 28.0 Å². The van der Waals surface area contributed by atoms with E-state index in [1.165, 1.54) is 6.92 Å². The van der Waals surface area contributed by atoms with Gasteiger partial charge in [-0.05, 0) is 32.9 Å². The summed E-state index contributed by atoms with van der Waals surface area (Å²) >= 11 is 0. The summed E-state index contributed by atoms with van der Waals surface area (Å²) in [6, 6.07) is 5.02. The van der Waals surface area contributed by atoms with Crippen LogP contribution in [-0.4, -0.2) is 64.5 Å². The van der Waals surface area contributed by atoms with Gasteiger partial charge in [0.2, 0.25) is 0 Å². The number of pyridine rings is 1. The Hall–Kier alpha value is -2.64. The minimum absolute atomic E-state index is 0.0306. The Balaban J connectivity index is 1.93. The highest BCUT2D eigenvalue weighted by molar-refractivity contribution is 5.92. The number of aromatic nitrogens is 1. The van der Waals surface area contributed by atoms with Gasteiger partial charge in [0.25, 0.3) is 5.91 Å². The van der Waals surface area contributed by atoms with Crippen LogP contribution >= 0.6 is 0 Å². The topological polar surface area (TPSA) is 89.0 Å². The molecule has 1 aromatic heterocycles. The lowest BCUT2D eigenvalue weighted by atomic mass is 10.2. The highest BCUT2D eigenvalue weighted by Crippen LogP contribution is 2.13. The van der Waals surface area contributed by atoms with Crippen LogP contribution in [0.25, 0.3) is 0 Å². The van der Waals surface area contributed by atoms with Gasteiger partial charge in [-0.15, -0.1) is 0 Å². The molecule has 2 rings (SSSR count). The molecule has 8 heteroatoms. The standard InChI is InChI=1S/C18H25N3O5/c1-13(22)25-12-14-6-5-7-15(19-14)16(23)20-8-10-21(11-9-20)17(24)26-18(2,3)4/h5-7H,8-12H2,1-4H3. The van der Waals surface area contributed by atoms with Crippen molar-refractivity contribution in [3.05, 3.63) is 29.6 Å². The lowest BCUT2D eigenvalue weighted by molar-refractivity contribution is -0.142. The maximum atomic E-state index is 12.6. The van der Waals surface area contributed by atoms with Crippen LogP contribution in [0.5, 0.6) is 0 Å². The molecular formula is C18H25N3O5. The average molecular weight is 363 g/mol. The quantitative estimate of drug-likeness (QED) is 0.761. The van der Waals surface area contributed by atoms with Crippen LogP contribution < -0.4 is 0 Å². The second-order valence-electron chi connectivity index (χ2n) is 7.05. The van der Waals surface area contributed by atoms with E-state index in [1.807, 2.05) is 20.8 Å². The van der Waals surface area contributed by atoms with Gasteiger partial charge in [-0.25, -0.2) is 9.78 Å². The molecular weight excluding hydrogens is 338 g/mol. The Morgan fingerprint density at radius 2 is 1.69 bits per heavy atom. The second-order valence-corrected chi connectivity index (χ2v) is 7.05. The molecule has 1 aromatic rings. The van der Waals surface area contributed by atoms with Crippen LogP contribution in [0.4, 0.5) is 4.79 Å². The summed E-state index contributed by atoms with van der Waals surface area (Å²) in [5.41, 5.74) is 0.259. The van der Waals surface area contributed by atoms with Crippen molar-refractivity contribution in [3.8, 4) is 0 Å². The number of hydrogen-bond donors (Lipinski definition) is 0. The van der Waals surface area contributed by atoms with Crippen LogP contribution in [0, 0.1) is 0 Å². The zero-order chi connectivity index (χ0) is 19.3. The molecule has 8 nitrogen and oxygen atoms in total. The van der Waals surface area contributed by atoms with Crippen LogP contribution in [-0.2, 0) is 20.9 Å². The Labute approximate surface area is 153 Å². The zero-order valence-corrected chi connectivity index (χ0v) is 15.7. The van der Waals surface area contributed by atoms with Gasteiger partial charge in [0, 0.05) is 33.1 Å². The maximum Gasteiger partial charge on any atom is 0.410 e. The van der Waals surface area contributed by atoms with Crippen molar-refractivity contribution in [2.45, 2.75) is 39.9 Å². The number of ether oxygens (including phenoxy) is 2. The monoisotopic (exact) mass is 363 g/mol. The number of amides is 2. The third-order valence-electron chi connectivity index (χ3n) is 3.67. The van der Waals surface area contributed by atoms with Crippen LogP contribution in [0.3, 0.4) is 0 Å². The molecule has 0 aliphatic carbocycles. The first kappa shape index (κ1) is 19.7. The van der Waals surface area contributed by atoms with Gasteiger partial charge in [-0.3, -0.25) is 9.59 Å². The predicted molar refractivity (Wildman–Crippen MR) is 93.4 cm³/mol. The van der Waals surface area contributed by atoms with Crippen molar-refractivity contribution in [2.24, 2.45) is 0 Å². The summed E-state index contributed by atoms with van der Waals surface area (Å²) in [5.74, 6) is -0.611. The summed E-state index contributed by atoms with van der Waals surface area (Å²) in [6.45, 7) is 8.45. The molecule has 1 saturated heterocycles. The Morgan fingerprint density at radius 1 is 1.08 bits per heavy atom. The third kappa shape index (κ3) is 5.72. The molecule has 0 saturated carbocycles. The number of nitrogens with zero attached hydrogens (tertiary/aromatic N) is 3. The molecule has 1 fully saturated rings. The van der Waals surface area contributed by atoms with Crippen LogP contribution in [0.1, 0.15) is 43.9 Å². The van der Waals surface area contributed by atoms with Gasteiger partial charge in [0.05, 0.1) is 5.69 Å². The van der Waals surface area contributed by atoms with Crippen molar-refractivity contribution >= 4 is 18.0 Å². The highest BCUT2D eigenvalue weighted by Gasteiger charge is 2.28. The van der Waals surface area contributed by atoms with Crippen molar-refractivity contribution in [1.29, 1.82) is 0 Å². The maximum absolute atomic E-state index is 12.6. The molecule has 1 aliphatic heterocycles. The Kier molecular flexibility index (Phi) is 6.18. The molecule has 0 N–H and O–H groups in total. The normalized spacial score (nSPS) is 14.8. The molecule has 0 spiro atoms.